The second kappa shape index (κ2) is 7.38. The molecule has 17 heavy (non-hydrogen) atoms. The van der Waals surface area contributed by atoms with Gasteiger partial charge in [-0.1, -0.05) is 39.0 Å². The molecule has 0 aromatic rings. The molecule has 102 valence electrons. The third kappa shape index (κ3) is 5.39. The van der Waals surface area contributed by atoms with Gasteiger partial charge in [0.25, 0.3) is 0 Å². The highest BCUT2D eigenvalue weighted by Gasteiger charge is 2.30. The lowest BCUT2D eigenvalue weighted by atomic mass is 9.82. The number of hydrogen-bond acceptors (Lipinski definition) is 2. The zero-order valence-electron chi connectivity index (χ0n) is 12.2. The van der Waals surface area contributed by atoms with E-state index in [0.717, 1.165) is 6.54 Å². The van der Waals surface area contributed by atoms with Gasteiger partial charge >= 0.3 is 0 Å². The Kier molecular flexibility index (Phi) is 6.50. The van der Waals surface area contributed by atoms with E-state index in [-0.39, 0.29) is 5.54 Å². The maximum Gasteiger partial charge on any atom is 0.0283 e. The topological polar surface area (TPSA) is 29.3 Å². The number of unbranched alkanes of at least 4 members (excludes halogenated alkanes) is 2. The molecular formula is C15H32N2. The van der Waals surface area contributed by atoms with Crippen molar-refractivity contribution in [2.24, 2.45) is 5.73 Å². The molecule has 1 fully saturated rings. The fourth-order valence-electron chi connectivity index (χ4n) is 2.90. The summed E-state index contributed by atoms with van der Waals surface area (Å²) in [6.07, 6.45) is 10.5. The number of rotatable bonds is 7. The highest BCUT2D eigenvalue weighted by molar-refractivity contribution is 4.90. The summed E-state index contributed by atoms with van der Waals surface area (Å²) in [7, 11) is 0. The Labute approximate surface area is 108 Å². The molecule has 0 bridgehead atoms. The van der Waals surface area contributed by atoms with Crippen LogP contribution in [-0.2, 0) is 0 Å². The van der Waals surface area contributed by atoms with Crippen LogP contribution in [0, 0.1) is 0 Å². The van der Waals surface area contributed by atoms with Crippen molar-refractivity contribution in [2.75, 3.05) is 13.1 Å². The van der Waals surface area contributed by atoms with Crippen molar-refractivity contribution in [3.8, 4) is 0 Å². The molecule has 0 radical (unpaired) electrons. The van der Waals surface area contributed by atoms with Crippen LogP contribution in [0.3, 0.4) is 0 Å². The van der Waals surface area contributed by atoms with Crippen LogP contribution < -0.4 is 5.73 Å². The second-order valence-electron chi connectivity index (χ2n) is 6.19. The lowest BCUT2D eigenvalue weighted by Gasteiger charge is -2.40. The lowest BCUT2D eigenvalue weighted by molar-refractivity contribution is 0.141. The van der Waals surface area contributed by atoms with E-state index < -0.39 is 0 Å². The number of hydrogen-bond donors (Lipinski definition) is 1. The Hall–Kier alpha value is -0.0800. The fourth-order valence-corrected chi connectivity index (χ4v) is 2.90. The first-order chi connectivity index (χ1) is 8.07. The van der Waals surface area contributed by atoms with Crippen molar-refractivity contribution in [3.05, 3.63) is 0 Å². The van der Waals surface area contributed by atoms with Crippen LogP contribution in [0.2, 0.25) is 0 Å². The quantitative estimate of drug-likeness (QED) is 0.690. The maximum atomic E-state index is 6.56. The van der Waals surface area contributed by atoms with Crippen LogP contribution in [0.5, 0.6) is 0 Å². The van der Waals surface area contributed by atoms with Gasteiger partial charge in [-0.15, -0.1) is 0 Å². The molecule has 2 heteroatoms. The average molecular weight is 240 g/mol. The zero-order valence-corrected chi connectivity index (χ0v) is 12.2. The lowest BCUT2D eigenvalue weighted by Crippen LogP contribution is -2.53. The van der Waals surface area contributed by atoms with Crippen LogP contribution in [0.1, 0.15) is 72.1 Å². The number of nitrogens with two attached hydrogens (primary N) is 1. The van der Waals surface area contributed by atoms with Crippen molar-refractivity contribution in [1.29, 1.82) is 0 Å². The third-order valence-electron chi connectivity index (χ3n) is 4.15. The Morgan fingerprint density at radius 1 is 1.12 bits per heavy atom. The molecule has 2 N–H and O–H groups in total. The van der Waals surface area contributed by atoms with Crippen LogP contribution in [-0.4, -0.2) is 29.6 Å². The molecule has 0 unspecified atom stereocenters. The molecule has 0 saturated heterocycles. The van der Waals surface area contributed by atoms with Crippen LogP contribution in [0.4, 0.5) is 0 Å². The minimum atomic E-state index is 0.106. The largest absolute Gasteiger partial charge is 0.324 e. The molecule has 0 aliphatic heterocycles. The summed E-state index contributed by atoms with van der Waals surface area (Å²) in [6.45, 7) is 9.21. The first-order valence-corrected chi connectivity index (χ1v) is 7.60. The van der Waals surface area contributed by atoms with E-state index in [2.05, 4.69) is 25.7 Å². The third-order valence-corrected chi connectivity index (χ3v) is 4.15. The van der Waals surface area contributed by atoms with E-state index in [1.807, 2.05) is 0 Å². The Morgan fingerprint density at radius 2 is 1.76 bits per heavy atom. The molecule has 1 rings (SSSR count). The molecule has 0 amide bonds. The van der Waals surface area contributed by atoms with E-state index in [0.29, 0.717) is 6.04 Å². The zero-order chi connectivity index (χ0) is 12.7. The van der Waals surface area contributed by atoms with Crippen molar-refractivity contribution in [1.82, 2.24) is 4.90 Å². The summed E-state index contributed by atoms with van der Waals surface area (Å²) < 4.78 is 0. The van der Waals surface area contributed by atoms with E-state index in [1.165, 1.54) is 57.9 Å². The monoisotopic (exact) mass is 240 g/mol. The maximum absolute atomic E-state index is 6.56. The Bertz CT molecular complexity index is 195. The normalized spacial score (nSPS) is 20.1. The Morgan fingerprint density at radius 3 is 2.29 bits per heavy atom. The second-order valence-corrected chi connectivity index (χ2v) is 6.19. The van der Waals surface area contributed by atoms with Gasteiger partial charge in [-0.3, -0.25) is 4.90 Å². The molecule has 1 aliphatic rings. The molecule has 1 saturated carbocycles. The Balaban J connectivity index is 2.41. The molecular weight excluding hydrogens is 208 g/mol. The first kappa shape index (κ1) is 15.0. The molecule has 0 spiro atoms. The van der Waals surface area contributed by atoms with Gasteiger partial charge in [-0.05, 0) is 39.7 Å². The van der Waals surface area contributed by atoms with E-state index in [9.17, 15) is 0 Å². The van der Waals surface area contributed by atoms with E-state index >= 15 is 0 Å². The van der Waals surface area contributed by atoms with Gasteiger partial charge < -0.3 is 5.73 Å². The molecule has 0 atom stereocenters. The smallest absolute Gasteiger partial charge is 0.0283 e. The summed E-state index contributed by atoms with van der Waals surface area (Å²) >= 11 is 0. The summed E-state index contributed by atoms with van der Waals surface area (Å²) in [5, 5.41) is 0. The summed E-state index contributed by atoms with van der Waals surface area (Å²) in [5.41, 5.74) is 6.67. The summed E-state index contributed by atoms with van der Waals surface area (Å²) in [6, 6.07) is 0.634. The average Bonchev–Trinajstić information content (AvgIpc) is 2.28. The molecule has 2 nitrogen and oxygen atoms in total. The summed E-state index contributed by atoms with van der Waals surface area (Å²) in [5.74, 6) is 0. The van der Waals surface area contributed by atoms with Crippen molar-refractivity contribution in [3.63, 3.8) is 0 Å². The predicted molar refractivity (Wildman–Crippen MR) is 76.2 cm³/mol. The van der Waals surface area contributed by atoms with Gasteiger partial charge in [0.2, 0.25) is 0 Å². The standard InChI is InChI=1S/C15H32N2/c1-4-5-9-12-17(14(2)3)13-15(16)10-7-6-8-11-15/h14H,4-13,16H2,1-3H3. The van der Waals surface area contributed by atoms with Gasteiger partial charge in [0.05, 0.1) is 0 Å². The molecule has 0 aromatic heterocycles. The first-order valence-electron chi connectivity index (χ1n) is 7.60. The van der Waals surface area contributed by atoms with E-state index in [4.69, 9.17) is 5.73 Å². The molecule has 0 aromatic carbocycles. The van der Waals surface area contributed by atoms with Crippen molar-refractivity contribution < 1.29 is 0 Å². The van der Waals surface area contributed by atoms with Gasteiger partial charge in [-0.2, -0.15) is 0 Å². The highest BCUT2D eigenvalue weighted by Crippen LogP contribution is 2.27. The van der Waals surface area contributed by atoms with Crippen LogP contribution in [0.25, 0.3) is 0 Å². The van der Waals surface area contributed by atoms with Crippen molar-refractivity contribution >= 4 is 0 Å². The van der Waals surface area contributed by atoms with E-state index in [1.54, 1.807) is 0 Å². The minimum absolute atomic E-state index is 0.106. The molecule has 1 aliphatic carbocycles. The van der Waals surface area contributed by atoms with Gasteiger partial charge in [0.15, 0.2) is 0 Å². The van der Waals surface area contributed by atoms with Gasteiger partial charge in [0.1, 0.15) is 0 Å². The minimum Gasteiger partial charge on any atom is -0.324 e. The SMILES string of the molecule is CCCCCN(CC1(N)CCCCC1)C(C)C. The van der Waals surface area contributed by atoms with Gasteiger partial charge in [0, 0.05) is 18.1 Å². The number of nitrogens with zero attached hydrogens (tertiary/aromatic N) is 1. The highest BCUT2D eigenvalue weighted by atomic mass is 15.2. The van der Waals surface area contributed by atoms with Gasteiger partial charge in [-0.25, -0.2) is 0 Å². The predicted octanol–water partition coefficient (Wildman–Crippen LogP) is 3.55. The van der Waals surface area contributed by atoms with Crippen LogP contribution in [0.15, 0.2) is 0 Å². The van der Waals surface area contributed by atoms with Crippen molar-refractivity contribution in [2.45, 2.75) is 83.7 Å². The molecule has 0 heterocycles. The fraction of sp³-hybridized carbons (Fsp3) is 1.00. The summed E-state index contributed by atoms with van der Waals surface area (Å²) in [4.78, 5) is 2.60. The van der Waals surface area contributed by atoms with Crippen LogP contribution >= 0.6 is 0 Å².